The zero-order valence-electron chi connectivity index (χ0n) is 12.7. The van der Waals surface area contributed by atoms with Crippen molar-refractivity contribution in [3.63, 3.8) is 0 Å². The van der Waals surface area contributed by atoms with Gasteiger partial charge in [-0.25, -0.2) is 13.2 Å². The second-order valence-corrected chi connectivity index (χ2v) is 7.47. The van der Waals surface area contributed by atoms with Crippen molar-refractivity contribution in [1.82, 2.24) is 0 Å². The highest BCUT2D eigenvalue weighted by molar-refractivity contribution is 7.50. The van der Waals surface area contributed by atoms with Crippen LogP contribution in [0, 0.1) is 29.1 Å². The molecule has 0 fully saturated rings. The first kappa shape index (κ1) is 16.6. The van der Waals surface area contributed by atoms with Crippen LogP contribution in [0.3, 0.4) is 0 Å². The largest absolute Gasteiger partial charge is 0.508 e. The Balaban J connectivity index is 2.26. The molecule has 4 aromatic rings. The SMILES string of the molecule is Oc1ccc2c(c1)c1cc(O)ccc1[s+]2-c1c(F)c(F)c(F)c(F)c1F. The lowest BCUT2D eigenvalue weighted by Crippen LogP contribution is -2.02. The molecule has 0 amide bonds. The summed E-state index contributed by atoms with van der Waals surface area (Å²) in [4.78, 5) is -0.947. The summed E-state index contributed by atoms with van der Waals surface area (Å²) in [6, 6.07) is 7.87. The minimum atomic E-state index is -2.22. The van der Waals surface area contributed by atoms with Crippen molar-refractivity contribution >= 4 is 30.6 Å². The zero-order valence-corrected chi connectivity index (χ0v) is 13.5. The molecular formula is C18H8F5O2S+. The van der Waals surface area contributed by atoms with Crippen molar-refractivity contribution in [2.45, 2.75) is 0 Å². The van der Waals surface area contributed by atoms with Crippen LogP contribution < -0.4 is 0 Å². The number of benzene rings is 3. The number of aromatic hydroxyl groups is 2. The fourth-order valence-electron chi connectivity index (χ4n) is 2.92. The molecule has 2 nitrogen and oxygen atoms in total. The highest BCUT2D eigenvalue weighted by Gasteiger charge is 2.36. The minimum absolute atomic E-state index is 0.138. The second-order valence-electron chi connectivity index (χ2n) is 5.57. The van der Waals surface area contributed by atoms with Crippen molar-refractivity contribution in [1.29, 1.82) is 0 Å². The van der Waals surface area contributed by atoms with Crippen LogP contribution in [0.4, 0.5) is 22.0 Å². The van der Waals surface area contributed by atoms with Gasteiger partial charge in [-0.2, -0.15) is 8.78 Å². The molecule has 1 heterocycles. The fraction of sp³-hybridized carbons (Fsp3) is 0. The topological polar surface area (TPSA) is 40.5 Å². The average Bonchev–Trinajstić information content (AvgIpc) is 2.92. The number of hydrogen-bond acceptors (Lipinski definition) is 2. The zero-order chi connectivity index (χ0) is 18.7. The maximum absolute atomic E-state index is 14.4. The first-order chi connectivity index (χ1) is 12.3. The van der Waals surface area contributed by atoms with Gasteiger partial charge in [-0.3, -0.25) is 0 Å². The second kappa shape index (κ2) is 5.57. The van der Waals surface area contributed by atoms with Crippen LogP contribution in [0.1, 0.15) is 0 Å². The third kappa shape index (κ3) is 2.15. The molecule has 0 unspecified atom stereocenters. The lowest BCUT2D eigenvalue weighted by atomic mass is 10.1. The number of halogens is 5. The van der Waals surface area contributed by atoms with Gasteiger partial charge in [-0.05, 0) is 24.3 Å². The van der Waals surface area contributed by atoms with Crippen LogP contribution >= 0.6 is 10.5 Å². The lowest BCUT2D eigenvalue weighted by Gasteiger charge is -2.02. The van der Waals surface area contributed by atoms with E-state index in [1.807, 2.05) is 0 Å². The van der Waals surface area contributed by atoms with Gasteiger partial charge in [0.25, 0.3) is 4.90 Å². The Morgan fingerprint density at radius 1 is 0.577 bits per heavy atom. The van der Waals surface area contributed by atoms with Crippen LogP contribution in [0.15, 0.2) is 36.4 Å². The van der Waals surface area contributed by atoms with Crippen molar-refractivity contribution < 1.29 is 32.2 Å². The van der Waals surface area contributed by atoms with Crippen LogP contribution in [0.5, 0.6) is 11.5 Å². The van der Waals surface area contributed by atoms with Crippen LogP contribution in [0.2, 0.25) is 0 Å². The van der Waals surface area contributed by atoms with E-state index >= 15 is 0 Å². The summed E-state index contributed by atoms with van der Waals surface area (Å²) in [7, 11) is -1.63. The number of thiophene rings is 1. The van der Waals surface area contributed by atoms with E-state index in [9.17, 15) is 32.2 Å². The quantitative estimate of drug-likeness (QED) is 0.188. The number of fused-ring (bicyclic) bond motifs is 3. The van der Waals surface area contributed by atoms with Crippen molar-refractivity contribution in [3.05, 3.63) is 65.5 Å². The Morgan fingerprint density at radius 3 is 1.38 bits per heavy atom. The molecule has 3 aromatic carbocycles. The maximum atomic E-state index is 14.4. The minimum Gasteiger partial charge on any atom is -0.508 e. The number of phenols is 2. The van der Waals surface area contributed by atoms with E-state index in [1.54, 1.807) is 0 Å². The van der Waals surface area contributed by atoms with Crippen molar-refractivity contribution in [3.8, 4) is 16.4 Å². The molecule has 0 saturated carbocycles. The van der Waals surface area contributed by atoms with Crippen LogP contribution in [-0.4, -0.2) is 10.2 Å². The molecule has 0 radical (unpaired) electrons. The maximum Gasteiger partial charge on any atom is 0.257 e. The van der Waals surface area contributed by atoms with Gasteiger partial charge in [0.1, 0.15) is 11.5 Å². The summed E-state index contributed by atoms with van der Waals surface area (Å²) < 4.78 is 70.1. The molecule has 0 bridgehead atoms. The van der Waals surface area contributed by atoms with E-state index < -0.39 is 44.5 Å². The van der Waals surface area contributed by atoms with Gasteiger partial charge in [0, 0.05) is 22.6 Å². The third-order valence-corrected chi connectivity index (χ3v) is 6.39. The molecule has 0 aliphatic heterocycles. The van der Waals surface area contributed by atoms with Gasteiger partial charge in [0.05, 0.1) is 10.8 Å². The normalized spacial score (nSPS) is 11.6. The average molecular weight is 383 g/mol. The Hall–Kier alpha value is -2.87. The third-order valence-electron chi connectivity index (χ3n) is 4.03. The van der Waals surface area contributed by atoms with E-state index in [-0.39, 0.29) is 20.9 Å². The van der Waals surface area contributed by atoms with Crippen LogP contribution in [0.25, 0.3) is 25.1 Å². The molecule has 1 aromatic heterocycles. The van der Waals surface area contributed by atoms with Gasteiger partial charge >= 0.3 is 0 Å². The van der Waals surface area contributed by atoms with Gasteiger partial charge in [0.15, 0.2) is 9.40 Å². The molecular weight excluding hydrogens is 375 g/mol. The summed E-state index contributed by atoms with van der Waals surface area (Å²) in [6.45, 7) is 0. The molecule has 8 heteroatoms. The van der Waals surface area contributed by atoms with Gasteiger partial charge in [-0.15, -0.1) is 0 Å². The van der Waals surface area contributed by atoms with Crippen LogP contribution in [-0.2, 0) is 0 Å². The van der Waals surface area contributed by atoms with E-state index in [0.717, 1.165) is 0 Å². The van der Waals surface area contributed by atoms with Gasteiger partial charge in [0.2, 0.25) is 29.1 Å². The Morgan fingerprint density at radius 2 is 0.962 bits per heavy atom. The Kier molecular flexibility index (Phi) is 3.55. The molecule has 0 spiro atoms. The summed E-state index contributed by atoms with van der Waals surface area (Å²) in [5, 5.41) is 20.1. The number of phenolic OH excluding ortho intramolecular Hbond substituents is 2. The lowest BCUT2D eigenvalue weighted by molar-refractivity contribution is 0.383. The Bertz CT molecular complexity index is 1130. The molecule has 2 N–H and O–H groups in total. The predicted molar refractivity (Wildman–Crippen MR) is 88.4 cm³/mol. The molecule has 0 atom stereocenters. The van der Waals surface area contributed by atoms with Crippen molar-refractivity contribution in [2.24, 2.45) is 0 Å². The summed E-state index contributed by atoms with van der Waals surface area (Å²) in [5.74, 6) is -10.3. The standard InChI is InChI=1S/C18H7F5O2S/c19-13-14(20)16(22)18(17(23)15(13)21)26-11-3-1-7(24)5-9(11)10-6-8(25)2-4-12(10)26/h1-6H,(H-,24,25)/p+1. The predicted octanol–water partition coefficient (Wildman–Crippen LogP) is 5.84. The molecule has 0 aliphatic carbocycles. The number of hydrogen-bond donors (Lipinski definition) is 2. The van der Waals surface area contributed by atoms with E-state index in [4.69, 9.17) is 0 Å². The monoisotopic (exact) mass is 383 g/mol. The smallest absolute Gasteiger partial charge is 0.257 e. The highest BCUT2D eigenvalue weighted by Crippen LogP contribution is 2.52. The first-order valence-electron chi connectivity index (χ1n) is 7.23. The van der Waals surface area contributed by atoms with Gasteiger partial charge < -0.3 is 10.2 Å². The van der Waals surface area contributed by atoms with E-state index in [2.05, 4.69) is 0 Å². The molecule has 0 aliphatic rings. The molecule has 132 valence electrons. The van der Waals surface area contributed by atoms with Gasteiger partial charge in [-0.1, -0.05) is 0 Å². The van der Waals surface area contributed by atoms with Crippen molar-refractivity contribution in [2.75, 3.05) is 0 Å². The summed E-state index contributed by atoms with van der Waals surface area (Å²) in [6.07, 6.45) is 0. The Labute approximate surface area is 145 Å². The van der Waals surface area contributed by atoms with E-state index in [0.29, 0.717) is 10.8 Å². The molecule has 0 saturated heterocycles. The van der Waals surface area contributed by atoms with E-state index in [1.165, 1.54) is 36.4 Å². The first-order valence-corrected chi connectivity index (χ1v) is 8.46. The number of rotatable bonds is 1. The molecule has 26 heavy (non-hydrogen) atoms. The highest BCUT2D eigenvalue weighted by atomic mass is 32.2. The summed E-state index contributed by atoms with van der Waals surface area (Å²) >= 11 is 0. The summed E-state index contributed by atoms with van der Waals surface area (Å²) in [5.41, 5.74) is 0. The fourth-order valence-corrected chi connectivity index (χ4v) is 5.32. The molecule has 4 rings (SSSR count).